The number of aromatic nitrogens is 2. The summed E-state index contributed by atoms with van der Waals surface area (Å²) in [6.07, 6.45) is 8.47. The zero-order chi connectivity index (χ0) is 15.5. The fourth-order valence-corrected chi connectivity index (χ4v) is 2.43. The summed E-state index contributed by atoms with van der Waals surface area (Å²) in [7, 11) is 0. The minimum absolute atomic E-state index is 0.0480. The maximum atomic E-state index is 12.3. The molecule has 5 heteroatoms. The number of rotatable bonds is 5. The molecule has 0 fully saturated rings. The lowest BCUT2D eigenvalue weighted by Gasteiger charge is -2.11. The lowest BCUT2D eigenvalue weighted by molar-refractivity contribution is 0.337. The molecule has 1 aromatic carbocycles. The molecule has 3 rings (SSSR count). The molecule has 0 radical (unpaired) electrons. The quantitative estimate of drug-likeness (QED) is 0.850. The number of ether oxygens (including phenoxy) is 1. The largest absolute Gasteiger partial charge is 0.490 e. The van der Waals surface area contributed by atoms with Crippen molar-refractivity contribution < 1.29 is 4.74 Å². The van der Waals surface area contributed by atoms with E-state index in [2.05, 4.69) is 17.3 Å². The van der Waals surface area contributed by atoms with Gasteiger partial charge in [0.05, 0.1) is 18.5 Å². The number of halogens is 1. The average molecular weight is 315 g/mol. The monoisotopic (exact) mass is 314 g/mol. The second-order valence-corrected chi connectivity index (χ2v) is 5.30. The molecule has 1 heterocycles. The Kier molecular flexibility index (Phi) is 4.11. The van der Waals surface area contributed by atoms with Crippen molar-refractivity contribution in [2.75, 3.05) is 6.61 Å². The minimum atomic E-state index is -0.382. The highest BCUT2D eigenvalue weighted by atomic mass is 35.5. The van der Waals surface area contributed by atoms with Gasteiger partial charge in [0, 0.05) is 0 Å². The van der Waals surface area contributed by atoms with Crippen molar-refractivity contribution >= 4 is 11.6 Å². The molecule has 4 nitrogen and oxygen atoms in total. The Hall–Kier alpha value is -2.33. The molecule has 1 aliphatic rings. The predicted molar refractivity (Wildman–Crippen MR) is 86.9 cm³/mol. The number of allylic oxidation sites excluding steroid dienone is 4. The first-order valence-corrected chi connectivity index (χ1v) is 7.44. The highest BCUT2D eigenvalue weighted by Gasteiger charge is 2.12. The third-order valence-electron chi connectivity index (χ3n) is 3.37. The molecule has 112 valence electrons. The fraction of sp³-hybridized carbons (Fsp3) is 0.176. The lowest BCUT2D eigenvalue weighted by Crippen LogP contribution is -2.22. The molecule has 22 heavy (non-hydrogen) atoms. The van der Waals surface area contributed by atoms with Crippen LogP contribution in [0.25, 0.3) is 5.69 Å². The van der Waals surface area contributed by atoms with Crippen LogP contribution in [0.2, 0.25) is 5.02 Å². The fourth-order valence-electron chi connectivity index (χ4n) is 2.24. The SMILES string of the molecule is CCOc1cnn(-c2cccc(CC3=CC=C3)c2)c(=O)c1Cl. The van der Waals surface area contributed by atoms with Gasteiger partial charge < -0.3 is 4.74 Å². The number of nitrogens with zero attached hydrogens (tertiary/aromatic N) is 2. The summed E-state index contributed by atoms with van der Waals surface area (Å²) in [6.45, 7) is 2.26. The van der Waals surface area contributed by atoms with Gasteiger partial charge in [-0.2, -0.15) is 9.78 Å². The van der Waals surface area contributed by atoms with E-state index < -0.39 is 0 Å². The van der Waals surface area contributed by atoms with E-state index in [0.717, 1.165) is 12.0 Å². The van der Waals surface area contributed by atoms with Gasteiger partial charge in [0.2, 0.25) is 0 Å². The van der Waals surface area contributed by atoms with E-state index in [1.807, 2.05) is 37.3 Å². The van der Waals surface area contributed by atoms with Crippen molar-refractivity contribution in [3.05, 3.63) is 75.2 Å². The molecule has 0 amide bonds. The van der Waals surface area contributed by atoms with E-state index in [9.17, 15) is 4.79 Å². The molecule has 1 aromatic heterocycles. The van der Waals surface area contributed by atoms with Crippen LogP contribution in [-0.2, 0) is 6.42 Å². The van der Waals surface area contributed by atoms with Crippen LogP contribution in [0, 0.1) is 0 Å². The highest BCUT2D eigenvalue weighted by molar-refractivity contribution is 6.31. The van der Waals surface area contributed by atoms with E-state index in [4.69, 9.17) is 16.3 Å². The number of hydrogen-bond donors (Lipinski definition) is 0. The van der Waals surface area contributed by atoms with Gasteiger partial charge in [0.1, 0.15) is 0 Å². The summed E-state index contributed by atoms with van der Waals surface area (Å²) in [5.74, 6) is 0.311. The molecule has 0 bridgehead atoms. The number of benzene rings is 1. The van der Waals surface area contributed by atoms with Crippen LogP contribution in [0.15, 0.2) is 59.1 Å². The first kappa shape index (κ1) is 14.6. The van der Waals surface area contributed by atoms with Crippen molar-refractivity contribution in [1.82, 2.24) is 9.78 Å². The summed E-state index contributed by atoms with van der Waals surface area (Å²) in [5.41, 5.74) is 2.69. The second kappa shape index (κ2) is 6.20. The zero-order valence-corrected chi connectivity index (χ0v) is 12.9. The maximum Gasteiger partial charge on any atom is 0.294 e. The molecule has 0 saturated heterocycles. The molecule has 0 atom stereocenters. The van der Waals surface area contributed by atoms with Gasteiger partial charge in [0.25, 0.3) is 5.56 Å². The summed E-state index contributed by atoms with van der Waals surface area (Å²) < 4.78 is 6.58. The first-order valence-electron chi connectivity index (χ1n) is 7.06. The van der Waals surface area contributed by atoms with E-state index in [1.54, 1.807) is 0 Å². The van der Waals surface area contributed by atoms with Crippen LogP contribution < -0.4 is 10.3 Å². The van der Waals surface area contributed by atoms with Gasteiger partial charge in [-0.15, -0.1) is 0 Å². The standard InChI is InChI=1S/C17H15ClN2O2/c1-2-22-15-11-19-20(17(21)16(15)18)14-8-4-7-13(10-14)9-12-5-3-6-12/h3-8,10-11H,2,9H2,1H3. The third-order valence-corrected chi connectivity index (χ3v) is 3.72. The molecule has 0 spiro atoms. The molecule has 0 unspecified atom stereocenters. The molecular weight excluding hydrogens is 300 g/mol. The van der Waals surface area contributed by atoms with E-state index in [0.29, 0.717) is 18.0 Å². The Morgan fingerprint density at radius 2 is 2.18 bits per heavy atom. The normalized spacial score (nSPS) is 12.7. The Morgan fingerprint density at radius 3 is 2.86 bits per heavy atom. The second-order valence-electron chi connectivity index (χ2n) is 4.92. The molecule has 1 aliphatic carbocycles. The predicted octanol–water partition coefficient (Wildman–Crippen LogP) is 3.32. The zero-order valence-electron chi connectivity index (χ0n) is 12.1. The summed E-state index contributed by atoms with van der Waals surface area (Å²) in [5, 5.41) is 4.20. The first-order chi connectivity index (χ1) is 10.7. The Balaban J connectivity index is 1.95. The Morgan fingerprint density at radius 1 is 1.36 bits per heavy atom. The maximum absolute atomic E-state index is 12.3. The van der Waals surface area contributed by atoms with Crippen LogP contribution in [0.5, 0.6) is 5.75 Å². The smallest absolute Gasteiger partial charge is 0.294 e. The van der Waals surface area contributed by atoms with E-state index >= 15 is 0 Å². The third kappa shape index (κ3) is 2.83. The summed E-state index contributed by atoms with van der Waals surface area (Å²) in [4.78, 5) is 12.3. The summed E-state index contributed by atoms with van der Waals surface area (Å²) >= 11 is 6.07. The van der Waals surface area contributed by atoms with E-state index in [-0.39, 0.29) is 10.6 Å². The average Bonchev–Trinajstić information content (AvgIpc) is 2.48. The molecule has 0 saturated carbocycles. The van der Waals surface area contributed by atoms with Crippen LogP contribution in [-0.4, -0.2) is 16.4 Å². The van der Waals surface area contributed by atoms with Crippen molar-refractivity contribution in [3.8, 4) is 11.4 Å². The molecule has 2 aromatic rings. The van der Waals surface area contributed by atoms with Crippen LogP contribution in [0.3, 0.4) is 0 Å². The molecular formula is C17H15ClN2O2. The minimum Gasteiger partial charge on any atom is -0.490 e. The van der Waals surface area contributed by atoms with Gasteiger partial charge in [-0.3, -0.25) is 4.79 Å². The summed E-state index contributed by atoms with van der Waals surface area (Å²) in [6, 6.07) is 7.71. The van der Waals surface area contributed by atoms with Crippen molar-refractivity contribution in [1.29, 1.82) is 0 Å². The van der Waals surface area contributed by atoms with Gasteiger partial charge in [-0.05, 0) is 36.6 Å². The van der Waals surface area contributed by atoms with Crippen LogP contribution >= 0.6 is 11.6 Å². The van der Waals surface area contributed by atoms with Crippen LogP contribution in [0.4, 0.5) is 0 Å². The van der Waals surface area contributed by atoms with Gasteiger partial charge >= 0.3 is 0 Å². The molecule has 0 aliphatic heterocycles. The van der Waals surface area contributed by atoms with Gasteiger partial charge in [0.15, 0.2) is 10.8 Å². The highest BCUT2D eigenvalue weighted by Crippen LogP contribution is 2.20. The Labute approximate surface area is 133 Å². The lowest BCUT2D eigenvalue weighted by atomic mass is 9.99. The van der Waals surface area contributed by atoms with Crippen molar-refractivity contribution in [3.63, 3.8) is 0 Å². The van der Waals surface area contributed by atoms with Crippen LogP contribution in [0.1, 0.15) is 12.5 Å². The van der Waals surface area contributed by atoms with Crippen molar-refractivity contribution in [2.45, 2.75) is 13.3 Å². The topological polar surface area (TPSA) is 44.1 Å². The van der Waals surface area contributed by atoms with Crippen molar-refractivity contribution in [2.24, 2.45) is 0 Å². The molecule has 0 N–H and O–H groups in total. The number of hydrogen-bond acceptors (Lipinski definition) is 3. The van der Waals surface area contributed by atoms with Gasteiger partial charge in [-0.25, -0.2) is 0 Å². The van der Waals surface area contributed by atoms with E-state index in [1.165, 1.54) is 16.5 Å². The van der Waals surface area contributed by atoms with Gasteiger partial charge in [-0.1, -0.05) is 42.0 Å². The Bertz CT molecular complexity index is 822.